The fourth-order valence-corrected chi connectivity index (χ4v) is 2.51. The molecule has 0 spiro atoms. The van der Waals surface area contributed by atoms with Crippen LogP contribution in [0, 0.1) is 5.82 Å². The maximum absolute atomic E-state index is 13.5. The molecule has 1 aromatic carbocycles. The molecule has 0 saturated heterocycles. The molecule has 1 atom stereocenters. The Morgan fingerprint density at radius 3 is 2.91 bits per heavy atom. The zero-order valence-electron chi connectivity index (χ0n) is 13.0. The number of amides is 1. The maximum Gasteiger partial charge on any atom is 0.307 e. The van der Waals surface area contributed by atoms with Crippen molar-refractivity contribution in [2.75, 3.05) is 11.9 Å². The highest BCUT2D eigenvalue weighted by Crippen LogP contribution is 2.18. The van der Waals surface area contributed by atoms with Gasteiger partial charge in [0.25, 0.3) is 0 Å². The van der Waals surface area contributed by atoms with Crippen molar-refractivity contribution in [3.8, 4) is 0 Å². The van der Waals surface area contributed by atoms with Crippen LogP contribution in [0.2, 0.25) is 0 Å². The van der Waals surface area contributed by atoms with E-state index in [1.807, 2.05) is 13.8 Å². The first kappa shape index (κ1) is 17.4. The number of benzene rings is 1. The second-order valence-electron chi connectivity index (χ2n) is 5.18. The number of aromatic nitrogens is 1. The number of nitrogens with one attached hydrogen (secondary N) is 1. The Bertz CT molecular complexity index is 726. The zero-order valence-corrected chi connectivity index (χ0v) is 13.9. The van der Waals surface area contributed by atoms with Gasteiger partial charge in [-0.05, 0) is 37.1 Å². The number of hydrogen-bond donors (Lipinski definition) is 1. The van der Waals surface area contributed by atoms with Crippen molar-refractivity contribution in [2.24, 2.45) is 0 Å². The van der Waals surface area contributed by atoms with E-state index in [1.54, 1.807) is 11.6 Å². The molecule has 1 amide bonds. The fraction of sp³-hybridized carbons (Fsp3) is 0.375. The molecule has 0 aliphatic rings. The molecule has 2 aromatic rings. The number of thiazole rings is 1. The minimum absolute atomic E-state index is 0.00202. The Hall–Kier alpha value is -1.99. The van der Waals surface area contributed by atoms with Crippen molar-refractivity contribution in [2.45, 2.75) is 32.9 Å². The molecule has 1 heterocycles. The lowest BCUT2D eigenvalue weighted by atomic mass is 10.1. The average molecular weight is 338 g/mol. The molecule has 0 aliphatic carbocycles. The topological polar surface area (TPSA) is 60.3 Å². The van der Waals surface area contributed by atoms with Gasteiger partial charge >= 0.3 is 4.87 Å². The molecule has 0 fully saturated rings. The number of nitrogens with zero attached hydrogens (tertiary/aromatic N) is 1. The third kappa shape index (κ3) is 5.01. The molecule has 7 heteroatoms. The summed E-state index contributed by atoms with van der Waals surface area (Å²) in [5.41, 5.74) is 1.00. The summed E-state index contributed by atoms with van der Waals surface area (Å²) in [4.78, 5) is 23.4. The molecule has 0 radical (unpaired) electrons. The van der Waals surface area contributed by atoms with Crippen LogP contribution >= 0.6 is 11.3 Å². The SMILES string of the molecule is CCC(C)OCC(=O)Nc1ccc(F)cc1Cn1ccsc1=O. The third-order valence-corrected chi connectivity index (χ3v) is 4.09. The Morgan fingerprint density at radius 1 is 1.48 bits per heavy atom. The Kier molecular flexibility index (Phi) is 6.06. The summed E-state index contributed by atoms with van der Waals surface area (Å²) in [6.07, 6.45) is 2.45. The van der Waals surface area contributed by atoms with Crippen LogP contribution in [0.1, 0.15) is 25.8 Å². The summed E-state index contributed by atoms with van der Waals surface area (Å²) in [6.45, 7) is 3.99. The predicted molar refractivity (Wildman–Crippen MR) is 88.4 cm³/mol. The molecule has 124 valence electrons. The summed E-state index contributed by atoms with van der Waals surface area (Å²) < 4.78 is 20.3. The van der Waals surface area contributed by atoms with Crippen LogP contribution in [-0.4, -0.2) is 23.2 Å². The van der Waals surface area contributed by atoms with Gasteiger partial charge in [-0.2, -0.15) is 0 Å². The molecular formula is C16H19FN2O3S. The summed E-state index contributed by atoms with van der Waals surface area (Å²) in [7, 11) is 0. The van der Waals surface area contributed by atoms with Crippen molar-refractivity contribution in [1.29, 1.82) is 0 Å². The molecule has 5 nitrogen and oxygen atoms in total. The van der Waals surface area contributed by atoms with Crippen LogP contribution in [0.3, 0.4) is 0 Å². The summed E-state index contributed by atoms with van der Waals surface area (Å²) >= 11 is 1.07. The summed E-state index contributed by atoms with van der Waals surface area (Å²) in [5, 5.41) is 4.37. The Morgan fingerprint density at radius 2 is 2.26 bits per heavy atom. The predicted octanol–water partition coefficient (Wildman–Crippen LogP) is 2.85. The van der Waals surface area contributed by atoms with Gasteiger partial charge in [0.05, 0.1) is 12.6 Å². The first-order chi connectivity index (χ1) is 11.0. The van der Waals surface area contributed by atoms with Gasteiger partial charge in [-0.3, -0.25) is 9.59 Å². The van der Waals surface area contributed by atoms with Crippen LogP contribution in [0.5, 0.6) is 0 Å². The minimum Gasteiger partial charge on any atom is -0.369 e. The van der Waals surface area contributed by atoms with Gasteiger partial charge < -0.3 is 14.6 Å². The van der Waals surface area contributed by atoms with Crippen molar-refractivity contribution in [3.63, 3.8) is 0 Å². The number of carbonyl (C=O) groups is 1. The lowest BCUT2D eigenvalue weighted by Gasteiger charge is -2.13. The molecule has 23 heavy (non-hydrogen) atoms. The van der Waals surface area contributed by atoms with Gasteiger partial charge in [0.1, 0.15) is 12.4 Å². The number of ether oxygens (including phenoxy) is 1. The first-order valence-electron chi connectivity index (χ1n) is 7.33. The second-order valence-corrected chi connectivity index (χ2v) is 6.03. The van der Waals surface area contributed by atoms with Crippen LogP contribution < -0.4 is 10.2 Å². The van der Waals surface area contributed by atoms with Gasteiger partial charge in [-0.1, -0.05) is 18.3 Å². The third-order valence-electron chi connectivity index (χ3n) is 3.40. The maximum atomic E-state index is 13.5. The van der Waals surface area contributed by atoms with Gasteiger partial charge in [0.15, 0.2) is 0 Å². The number of hydrogen-bond acceptors (Lipinski definition) is 4. The van der Waals surface area contributed by atoms with Crippen LogP contribution in [0.25, 0.3) is 0 Å². The van der Waals surface area contributed by atoms with Crippen LogP contribution in [0.4, 0.5) is 10.1 Å². The molecule has 0 bridgehead atoms. The highest BCUT2D eigenvalue weighted by atomic mass is 32.1. The highest BCUT2D eigenvalue weighted by molar-refractivity contribution is 7.07. The number of halogens is 1. The number of rotatable bonds is 7. The highest BCUT2D eigenvalue weighted by Gasteiger charge is 2.11. The zero-order chi connectivity index (χ0) is 16.8. The second kappa shape index (κ2) is 8.03. The van der Waals surface area contributed by atoms with Crippen molar-refractivity contribution in [3.05, 3.63) is 50.8 Å². The molecule has 2 rings (SSSR count). The molecule has 0 aliphatic heterocycles. The normalized spacial score (nSPS) is 12.1. The Balaban J connectivity index is 2.11. The molecule has 0 saturated carbocycles. The lowest BCUT2D eigenvalue weighted by Crippen LogP contribution is -2.23. The van der Waals surface area contributed by atoms with E-state index in [2.05, 4.69) is 5.32 Å². The van der Waals surface area contributed by atoms with E-state index >= 15 is 0 Å². The first-order valence-corrected chi connectivity index (χ1v) is 8.21. The van der Waals surface area contributed by atoms with Gasteiger partial charge in [-0.25, -0.2) is 4.39 Å². The fourth-order valence-electron chi connectivity index (χ4n) is 1.93. The van der Waals surface area contributed by atoms with E-state index < -0.39 is 5.82 Å². The van der Waals surface area contributed by atoms with Crippen LogP contribution in [0.15, 0.2) is 34.6 Å². The molecule has 1 N–H and O–H groups in total. The van der Waals surface area contributed by atoms with E-state index in [9.17, 15) is 14.0 Å². The van der Waals surface area contributed by atoms with E-state index in [4.69, 9.17) is 4.74 Å². The van der Waals surface area contributed by atoms with Crippen molar-refractivity contribution in [1.82, 2.24) is 4.57 Å². The van der Waals surface area contributed by atoms with Gasteiger partial charge in [0.2, 0.25) is 5.91 Å². The van der Waals surface area contributed by atoms with Crippen molar-refractivity contribution >= 4 is 22.9 Å². The lowest BCUT2D eigenvalue weighted by molar-refractivity contribution is -0.122. The Labute approximate surface area is 137 Å². The van der Waals surface area contributed by atoms with E-state index in [-0.39, 0.29) is 30.0 Å². The summed E-state index contributed by atoms with van der Waals surface area (Å²) in [6, 6.07) is 4.07. The quantitative estimate of drug-likeness (QED) is 0.844. The van der Waals surface area contributed by atoms with E-state index in [1.165, 1.54) is 22.8 Å². The smallest absolute Gasteiger partial charge is 0.307 e. The van der Waals surface area contributed by atoms with Crippen LogP contribution in [-0.2, 0) is 16.1 Å². The monoisotopic (exact) mass is 338 g/mol. The van der Waals surface area contributed by atoms with E-state index in [0.717, 1.165) is 17.8 Å². The van der Waals surface area contributed by atoms with Crippen molar-refractivity contribution < 1.29 is 13.9 Å². The average Bonchev–Trinajstić information content (AvgIpc) is 2.92. The van der Waals surface area contributed by atoms with Gasteiger partial charge in [-0.15, -0.1) is 0 Å². The minimum atomic E-state index is -0.419. The largest absolute Gasteiger partial charge is 0.369 e. The van der Waals surface area contributed by atoms with Gasteiger partial charge in [0, 0.05) is 17.3 Å². The number of carbonyl (C=O) groups excluding carboxylic acids is 1. The molecule has 1 aromatic heterocycles. The summed E-state index contributed by atoms with van der Waals surface area (Å²) in [5.74, 6) is -0.729. The van der Waals surface area contributed by atoms with E-state index in [0.29, 0.717) is 11.3 Å². The molecular weight excluding hydrogens is 319 g/mol. The standard InChI is InChI=1S/C16H19FN2O3S/c1-3-11(2)22-10-15(20)18-14-5-4-13(17)8-12(14)9-19-6-7-23-16(19)21/h4-8,11H,3,9-10H2,1-2H3,(H,18,20). The number of anilines is 1. The molecule has 1 unspecified atom stereocenters.